The van der Waals surface area contributed by atoms with Gasteiger partial charge in [0.1, 0.15) is 17.8 Å². The molecule has 0 radical (unpaired) electrons. The van der Waals surface area contributed by atoms with Crippen LogP contribution >= 0.6 is 0 Å². The number of Topliss-reactive ketones (excluding diaryl/α,β-unsaturated/α-hetero) is 2. The highest BCUT2D eigenvalue weighted by Crippen LogP contribution is 2.38. The number of nitro benzene ring substituents is 1. The van der Waals surface area contributed by atoms with Crippen LogP contribution in [0, 0.1) is 21.8 Å². The summed E-state index contributed by atoms with van der Waals surface area (Å²) in [5.74, 6) is -7.07. The number of ketones is 2. The van der Waals surface area contributed by atoms with Crippen LogP contribution in [0.1, 0.15) is 32.4 Å². The van der Waals surface area contributed by atoms with Gasteiger partial charge >= 0.3 is 5.97 Å². The van der Waals surface area contributed by atoms with Gasteiger partial charge in [0, 0.05) is 23.4 Å². The van der Waals surface area contributed by atoms with E-state index in [1.807, 2.05) is 0 Å². The van der Waals surface area contributed by atoms with Crippen LogP contribution in [0.15, 0.2) is 72.8 Å². The monoisotopic (exact) mass is 462 g/mol. The molecule has 0 aliphatic carbocycles. The molecule has 2 atom stereocenters. The Hall–Kier alpha value is -4.73. The molecule has 1 aliphatic rings. The molecule has 34 heavy (non-hydrogen) atoms. The van der Waals surface area contributed by atoms with Crippen molar-refractivity contribution in [2.24, 2.45) is 5.92 Å². The molecule has 4 rings (SSSR count). The minimum atomic E-state index is -1.86. The molecule has 170 valence electrons. The zero-order valence-corrected chi connectivity index (χ0v) is 17.3. The predicted octanol–water partition coefficient (Wildman–Crippen LogP) is 3.65. The van der Waals surface area contributed by atoms with E-state index < -0.39 is 51.8 Å². The molecule has 0 fully saturated rings. The third-order valence-corrected chi connectivity index (χ3v) is 5.29. The van der Waals surface area contributed by atoms with Gasteiger partial charge in [-0.25, -0.2) is 9.18 Å². The number of nitrogens with zero attached hydrogens (tertiary/aromatic N) is 1. The van der Waals surface area contributed by atoms with Crippen LogP contribution in [-0.4, -0.2) is 28.4 Å². The van der Waals surface area contributed by atoms with E-state index in [1.54, 1.807) is 12.1 Å². The molecule has 0 saturated carbocycles. The summed E-state index contributed by atoms with van der Waals surface area (Å²) < 4.78 is 19.7. The van der Waals surface area contributed by atoms with Crippen molar-refractivity contribution in [3.8, 4) is 0 Å². The third kappa shape index (κ3) is 4.16. The van der Waals surface area contributed by atoms with E-state index in [1.165, 1.54) is 36.4 Å². The molecule has 3 aromatic carbocycles. The number of hydrogen-bond donors (Lipinski definition) is 1. The number of ether oxygens (including phenoxy) is 1. The molecule has 0 bridgehead atoms. The number of anilines is 1. The van der Waals surface area contributed by atoms with Crippen LogP contribution in [0.25, 0.3) is 0 Å². The van der Waals surface area contributed by atoms with E-state index in [2.05, 4.69) is 5.32 Å². The molecule has 0 aromatic heterocycles. The number of non-ortho nitro benzene ring substituents is 1. The van der Waals surface area contributed by atoms with Gasteiger partial charge in [0.25, 0.3) is 11.6 Å². The molecule has 1 heterocycles. The van der Waals surface area contributed by atoms with Gasteiger partial charge in [-0.2, -0.15) is 0 Å². The fourth-order valence-electron chi connectivity index (χ4n) is 3.64. The minimum Gasteiger partial charge on any atom is -0.453 e. The molecule has 0 unspecified atom stereocenters. The number of nitro groups is 1. The van der Waals surface area contributed by atoms with Crippen molar-refractivity contribution in [3.63, 3.8) is 0 Å². The fourth-order valence-corrected chi connectivity index (χ4v) is 3.64. The first-order valence-electron chi connectivity index (χ1n) is 9.96. The van der Waals surface area contributed by atoms with Gasteiger partial charge in [-0.3, -0.25) is 24.5 Å². The lowest BCUT2D eigenvalue weighted by molar-refractivity contribution is -0.384. The fraction of sp³-hybridized carbons (Fsp3) is 0.0833. The van der Waals surface area contributed by atoms with Crippen LogP contribution in [-0.2, 0) is 14.3 Å². The summed E-state index contributed by atoms with van der Waals surface area (Å²) in [6, 6.07) is 15.7. The summed E-state index contributed by atoms with van der Waals surface area (Å²) >= 11 is 0. The Bertz CT molecular complexity index is 1340. The molecule has 1 N–H and O–H groups in total. The zero-order valence-electron chi connectivity index (χ0n) is 17.3. The first-order valence-corrected chi connectivity index (χ1v) is 9.96. The summed E-state index contributed by atoms with van der Waals surface area (Å²) in [4.78, 5) is 61.7. The maximum atomic E-state index is 14.4. The second kappa shape index (κ2) is 9.02. The molecular weight excluding hydrogens is 447 g/mol. The lowest BCUT2D eigenvalue weighted by Crippen LogP contribution is -2.38. The Balaban J connectivity index is 1.69. The molecule has 1 aliphatic heterocycles. The second-order valence-corrected chi connectivity index (χ2v) is 7.36. The van der Waals surface area contributed by atoms with Gasteiger partial charge in [-0.15, -0.1) is 0 Å². The normalized spacial score (nSPS) is 15.1. The lowest BCUT2D eigenvalue weighted by atomic mass is 9.84. The Labute approximate surface area is 191 Å². The minimum absolute atomic E-state index is 0.0601. The Morgan fingerprint density at radius 2 is 1.62 bits per heavy atom. The maximum absolute atomic E-state index is 14.4. The van der Waals surface area contributed by atoms with Gasteiger partial charge in [0.05, 0.1) is 16.1 Å². The quantitative estimate of drug-likeness (QED) is 0.141. The molecular formula is C24H15FN2O7. The number of fused-ring (bicyclic) bond motifs is 1. The molecule has 1 amide bonds. The molecule has 0 spiro atoms. The second-order valence-electron chi connectivity index (χ2n) is 7.36. The topological polar surface area (TPSA) is 133 Å². The van der Waals surface area contributed by atoms with E-state index in [4.69, 9.17) is 4.74 Å². The number of rotatable bonds is 7. The summed E-state index contributed by atoms with van der Waals surface area (Å²) in [6.45, 7) is 0. The molecule has 9 nitrogen and oxygen atoms in total. The average molecular weight is 462 g/mol. The van der Waals surface area contributed by atoms with Crippen molar-refractivity contribution >= 4 is 34.8 Å². The largest absolute Gasteiger partial charge is 0.453 e. The number of carbonyl (C=O) groups is 4. The molecule has 10 heteroatoms. The van der Waals surface area contributed by atoms with Crippen molar-refractivity contribution in [3.05, 3.63) is 105 Å². The van der Waals surface area contributed by atoms with E-state index in [-0.39, 0.29) is 22.5 Å². The van der Waals surface area contributed by atoms with E-state index in [9.17, 15) is 33.7 Å². The SMILES string of the molecule is O=C(Nc1ccc([N+](=O)[O-])cc1)C(=O)[C@@H](C(=O)c1ccccc1F)[C@H]1OC(=O)c2ccccc21. The van der Waals surface area contributed by atoms with Crippen molar-refractivity contribution < 1.29 is 33.2 Å². The van der Waals surface area contributed by atoms with Crippen LogP contribution in [0.3, 0.4) is 0 Å². The average Bonchev–Trinajstić information content (AvgIpc) is 3.16. The number of halogens is 1. The van der Waals surface area contributed by atoms with Crippen LogP contribution in [0.5, 0.6) is 0 Å². The number of esters is 1. The summed E-state index contributed by atoms with van der Waals surface area (Å²) in [5.41, 5.74) is -0.262. The van der Waals surface area contributed by atoms with Crippen LogP contribution in [0.2, 0.25) is 0 Å². The first kappa shape index (κ1) is 22.5. The van der Waals surface area contributed by atoms with Gasteiger partial charge in [-0.1, -0.05) is 30.3 Å². The van der Waals surface area contributed by atoms with Crippen LogP contribution in [0.4, 0.5) is 15.8 Å². The highest BCUT2D eigenvalue weighted by atomic mass is 19.1. The summed E-state index contributed by atoms with van der Waals surface area (Å²) in [7, 11) is 0. The summed E-state index contributed by atoms with van der Waals surface area (Å²) in [6.07, 6.45) is -1.44. The highest BCUT2D eigenvalue weighted by molar-refractivity contribution is 6.45. The van der Waals surface area contributed by atoms with E-state index in [0.29, 0.717) is 0 Å². The van der Waals surface area contributed by atoms with Crippen molar-refractivity contribution in [1.29, 1.82) is 0 Å². The van der Waals surface area contributed by atoms with Crippen molar-refractivity contribution in [2.75, 3.05) is 5.32 Å². The van der Waals surface area contributed by atoms with Gasteiger partial charge in [-0.05, 0) is 30.3 Å². The van der Waals surface area contributed by atoms with E-state index in [0.717, 1.165) is 24.3 Å². The Morgan fingerprint density at radius 3 is 2.29 bits per heavy atom. The number of amides is 1. The van der Waals surface area contributed by atoms with Crippen molar-refractivity contribution in [2.45, 2.75) is 6.10 Å². The molecule has 3 aromatic rings. The maximum Gasteiger partial charge on any atom is 0.339 e. The number of nitrogens with one attached hydrogen (secondary N) is 1. The summed E-state index contributed by atoms with van der Waals surface area (Å²) in [5, 5.41) is 13.1. The number of cyclic esters (lactones) is 1. The number of benzene rings is 3. The zero-order chi connectivity index (χ0) is 24.4. The van der Waals surface area contributed by atoms with Crippen LogP contribution < -0.4 is 5.32 Å². The van der Waals surface area contributed by atoms with Gasteiger partial charge < -0.3 is 10.1 Å². The third-order valence-electron chi connectivity index (χ3n) is 5.29. The Morgan fingerprint density at radius 1 is 0.971 bits per heavy atom. The number of carbonyl (C=O) groups excluding carboxylic acids is 4. The van der Waals surface area contributed by atoms with Crippen molar-refractivity contribution in [1.82, 2.24) is 0 Å². The first-order chi connectivity index (χ1) is 16.3. The highest BCUT2D eigenvalue weighted by Gasteiger charge is 2.46. The standard InChI is InChI=1S/C24H15FN2O7/c25-18-8-4-3-7-17(18)20(28)19(22-15-5-1-2-6-16(15)24(31)34-22)21(29)23(30)26-13-9-11-14(12-10-13)27(32)33/h1-12,19,22H,(H,26,30)/t19-,22+/m1/s1. The van der Waals surface area contributed by atoms with E-state index >= 15 is 0 Å². The predicted molar refractivity (Wildman–Crippen MR) is 116 cm³/mol. The number of hydrogen-bond acceptors (Lipinski definition) is 7. The van der Waals surface area contributed by atoms with Gasteiger partial charge in [0.15, 0.2) is 5.78 Å². The molecule has 0 saturated heterocycles. The lowest BCUT2D eigenvalue weighted by Gasteiger charge is -2.21. The smallest absolute Gasteiger partial charge is 0.339 e. The Kier molecular flexibility index (Phi) is 5.96. The van der Waals surface area contributed by atoms with Gasteiger partial charge in [0.2, 0.25) is 5.78 Å².